The first-order valence-electron chi connectivity index (χ1n) is 9.45. The monoisotopic (exact) mass is 357 g/mol. The molecular weight excluding hydrogens is 333 g/mol. The lowest BCUT2D eigenvalue weighted by molar-refractivity contribution is -0.0228. The number of amides is 1. The maximum Gasteiger partial charge on any atom is 0.274 e. The van der Waals surface area contributed by atoms with E-state index in [-0.39, 0.29) is 17.8 Å². The van der Waals surface area contributed by atoms with Gasteiger partial charge in [-0.2, -0.15) is 5.10 Å². The van der Waals surface area contributed by atoms with E-state index in [0.29, 0.717) is 25.4 Å². The molecule has 6 heteroatoms. The van der Waals surface area contributed by atoms with Gasteiger partial charge in [0.2, 0.25) is 0 Å². The molecule has 1 fully saturated rings. The minimum atomic E-state index is -0.273. The van der Waals surface area contributed by atoms with Gasteiger partial charge in [0.05, 0.1) is 18.4 Å². The lowest BCUT2D eigenvalue weighted by atomic mass is 9.95. The molecule has 1 aromatic carbocycles. The first kappa shape index (κ1) is 17.2. The summed E-state index contributed by atoms with van der Waals surface area (Å²) < 4.78 is 20.8. The van der Waals surface area contributed by atoms with E-state index in [1.54, 1.807) is 12.1 Å². The molecule has 0 saturated carbocycles. The van der Waals surface area contributed by atoms with Crippen LogP contribution >= 0.6 is 0 Å². The van der Waals surface area contributed by atoms with Crippen LogP contribution < -0.4 is 0 Å². The number of nitrogens with zero attached hydrogens (tertiary/aromatic N) is 3. The third-order valence-corrected chi connectivity index (χ3v) is 5.34. The fourth-order valence-electron chi connectivity index (χ4n) is 3.87. The molecule has 138 valence electrons. The Bertz CT molecular complexity index is 800. The summed E-state index contributed by atoms with van der Waals surface area (Å²) in [6.45, 7) is 3.87. The number of rotatable bonds is 3. The van der Waals surface area contributed by atoms with Gasteiger partial charge in [0, 0.05) is 24.3 Å². The number of morpholine rings is 1. The largest absolute Gasteiger partial charge is 0.375 e. The normalized spacial score (nSPS) is 20.1. The van der Waals surface area contributed by atoms with Crippen LogP contribution in [0.1, 0.15) is 47.9 Å². The van der Waals surface area contributed by atoms with E-state index < -0.39 is 0 Å². The van der Waals surface area contributed by atoms with Gasteiger partial charge in [-0.05, 0) is 56.4 Å². The molecule has 26 heavy (non-hydrogen) atoms. The van der Waals surface area contributed by atoms with Crippen molar-refractivity contribution in [2.45, 2.75) is 45.1 Å². The summed E-state index contributed by atoms with van der Waals surface area (Å²) in [5.41, 5.74) is 3.51. The van der Waals surface area contributed by atoms with Gasteiger partial charge in [-0.15, -0.1) is 0 Å². The van der Waals surface area contributed by atoms with Crippen LogP contribution in [0.5, 0.6) is 0 Å². The van der Waals surface area contributed by atoms with Crippen molar-refractivity contribution in [3.05, 3.63) is 47.0 Å². The second kappa shape index (κ2) is 7.19. The average molecular weight is 357 g/mol. The molecule has 2 aromatic rings. The quantitative estimate of drug-likeness (QED) is 0.848. The van der Waals surface area contributed by atoms with E-state index in [1.807, 2.05) is 9.58 Å². The van der Waals surface area contributed by atoms with Crippen LogP contribution in [0.3, 0.4) is 0 Å². The third-order valence-electron chi connectivity index (χ3n) is 5.34. The van der Waals surface area contributed by atoms with Crippen molar-refractivity contribution >= 4 is 5.91 Å². The SMILES string of the molecule is CCC1CN(C(=O)c2nn(-c3ccc(F)cc3)c3c2CCCC3)CCO1. The number of halogens is 1. The van der Waals surface area contributed by atoms with Gasteiger partial charge >= 0.3 is 0 Å². The Labute approximate surface area is 152 Å². The maximum absolute atomic E-state index is 13.3. The molecule has 1 aromatic heterocycles. The summed E-state index contributed by atoms with van der Waals surface area (Å²) in [5, 5.41) is 4.68. The number of carbonyl (C=O) groups excluding carboxylic acids is 1. The van der Waals surface area contributed by atoms with Crippen LogP contribution in [-0.2, 0) is 17.6 Å². The van der Waals surface area contributed by atoms with Crippen LogP contribution in [0.4, 0.5) is 4.39 Å². The second-order valence-electron chi connectivity index (χ2n) is 7.02. The van der Waals surface area contributed by atoms with Crippen LogP contribution in [0.15, 0.2) is 24.3 Å². The second-order valence-corrected chi connectivity index (χ2v) is 7.02. The Balaban J connectivity index is 1.70. The molecule has 0 spiro atoms. The summed E-state index contributed by atoms with van der Waals surface area (Å²) in [6.07, 6.45) is 4.92. The highest BCUT2D eigenvalue weighted by Crippen LogP contribution is 2.28. The van der Waals surface area contributed by atoms with Crippen LogP contribution in [0.2, 0.25) is 0 Å². The molecule has 0 N–H and O–H groups in total. The van der Waals surface area contributed by atoms with Gasteiger partial charge in [-0.3, -0.25) is 4.79 Å². The van der Waals surface area contributed by atoms with E-state index in [2.05, 4.69) is 12.0 Å². The molecular formula is C20H24FN3O2. The number of hydrogen-bond acceptors (Lipinski definition) is 3. The molecule has 0 bridgehead atoms. The van der Waals surface area contributed by atoms with Crippen molar-refractivity contribution in [1.82, 2.24) is 14.7 Å². The zero-order valence-corrected chi connectivity index (χ0v) is 15.1. The topological polar surface area (TPSA) is 47.4 Å². The summed E-state index contributed by atoms with van der Waals surface area (Å²) in [5.74, 6) is -0.282. The van der Waals surface area contributed by atoms with Crippen molar-refractivity contribution in [1.29, 1.82) is 0 Å². The molecule has 1 saturated heterocycles. The molecule has 1 atom stereocenters. The molecule has 2 aliphatic rings. The van der Waals surface area contributed by atoms with Crippen LogP contribution in [0.25, 0.3) is 5.69 Å². The van der Waals surface area contributed by atoms with E-state index in [1.165, 1.54) is 12.1 Å². The maximum atomic E-state index is 13.3. The van der Waals surface area contributed by atoms with E-state index >= 15 is 0 Å². The molecule has 1 unspecified atom stereocenters. The minimum Gasteiger partial charge on any atom is -0.375 e. The van der Waals surface area contributed by atoms with Gasteiger partial charge < -0.3 is 9.64 Å². The number of hydrogen-bond donors (Lipinski definition) is 0. The first-order valence-corrected chi connectivity index (χ1v) is 9.45. The van der Waals surface area contributed by atoms with E-state index in [4.69, 9.17) is 4.74 Å². The van der Waals surface area contributed by atoms with Crippen molar-refractivity contribution in [2.75, 3.05) is 19.7 Å². The van der Waals surface area contributed by atoms with Crippen molar-refractivity contribution in [3.63, 3.8) is 0 Å². The number of carbonyl (C=O) groups is 1. The van der Waals surface area contributed by atoms with E-state index in [0.717, 1.165) is 49.0 Å². The van der Waals surface area contributed by atoms with Crippen molar-refractivity contribution in [3.8, 4) is 5.69 Å². The van der Waals surface area contributed by atoms with Gasteiger partial charge in [-0.1, -0.05) is 6.92 Å². The highest BCUT2D eigenvalue weighted by atomic mass is 19.1. The Hall–Kier alpha value is -2.21. The molecule has 1 aliphatic carbocycles. The van der Waals surface area contributed by atoms with Crippen molar-refractivity contribution < 1.29 is 13.9 Å². The van der Waals surface area contributed by atoms with Crippen molar-refractivity contribution in [2.24, 2.45) is 0 Å². The standard InChI is InChI=1S/C20H24FN3O2/c1-2-16-13-23(11-12-26-16)20(25)19-17-5-3-4-6-18(17)24(22-19)15-9-7-14(21)8-10-15/h7-10,16H,2-6,11-13H2,1H3. The number of benzene rings is 1. The molecule has 1 aliphatic heterocycles. The van der Waals surface area contributed by atoms with Crippen LogP contribution in [-0.4, -0.2) is 46.4 Å². The summed E-state index contributed by atoms with van der Waals surface area (Å²) >= 11 is 0. The number of fused-ring (bicyclic) bond motifs is 1. The zero-order chi connectivity index (χ0) is 18.1. The number of ether oxygens (including phenoxy) is 1. The molecule has 5 nitrogen and oxygen atoms in total. The molecule has 4 rings (SSSR count). The third kappa shape index (κ3) is 3.14. The highest BCUT2D eigenvalue weighted by molar-refractivity contribution is 5.94. The summed E-state index contributed by atoms with van der Waals surface area (Å²) in [7, 11) is 0. The lowest BCUT2D eigenvalue weighted by Crippen LogP contribution is -2.45. The molecule has 1 amide bonds. The average Bonchev–Trinajstić information content (AvgIpc) is 3.08. The van der Waals surface area contributed by atoms with E-state index in [9.17, 15) is 9.18 Å². The first-order chi connectivity index (χ1) is 12.7. The Morgan fingerprint density at radius 2 is 2.04 bits per heavy atom. The number of aromatic nitrogens is 2. The highest BCUT2D eigenvalue weighted by Gasteiger charge is 2.31. The molecule has 0 radical (unpaired) electrons. The van der Waals surface area contributed by atoms with Gasteiger partial charge in [0.15, 0.2) is 5.69 Å². The Morgan fingerprint density at radius 1 is 1.27 bits per heavy atom. The van der Waals surface area contributed by atoms with Gasteiger partial charge in [-0.25, -0.2) is 9.07 Å². The smallest absolute Gasteiger partial charge is 0.274 e. The summed E-state index contributed by atoms with van der Waals surface area (Å²) in [4.78, 5) is 15.0. The summed E-state index contributed by atoms with van der Waals surface area (Å²) in [6, 6.07) is 6.30. The van der Waals surface area contributed by atoms with Gasteiger partial charge in [0.1, 0.15) is 5.82 Å². The van der Waals surface area contributed by atoms with Gasteiger partial charge in [0.25, 0.3) is 5.91 Å². The van der Waals surface area contributed by atoms with Crippen LogP contribution in [0, 0.1) is 5.82 Å². The molecule has 2 heterocycles. The minimum absolute atomic E-state index is 0.00855. The fraction of sp³-hybridized carbons (Fsp3) is 0.500. The zero-order valence-electron chi connectivity index (χ0n) is 15.1. The predicted octanol–water partition coefficient (Wildman–Crippen LogP) is 3.14. The predicted molar refractivity (Wildman–Crippen MR) is 96.1 cm³/mol. The Kier molecular flexibility index (Phi) is 4.76. The lowest BCUT2D eigenvalue weighted by Gasteiger charge is -2.32. The fourth-order valence-corrected chi connectivity index (χ4v) is 3.87. The Morgan fingerprint density at radius 3 is 2.81 bits per heavy atom.